The topological polar surface area (TPSA) is 131 Å². The van der Waals surface area contributed by atoms with E-state index in [0.717, 1.165) is 31.4 Å². The van der Waals surface area contributed by atoms with Gasteiger partial charge >= 0.3 is 6.03 Å². The van der Waals surface area contributed by atoms with Gasteiger partial charge in [-0.2, -0.15) is 5.10 Å². The summed E-state index contributed by atoms with van der Waals surface area (Å²) in [7, 11) is 0. The van der Waals surface area contributed by atoms with E-state index < -0.39 is 0 Å². The Kier molecular flexibility index (Phi) is 4.34. The molecule has 1 saturated heterocycles. The molecule has 2 fully saturated rings. The van der Waals surface area contributed by atoms with Crippen LogP contribution in [0.5, 0.6) is 0 Å². The number of hydrogen-bond acceptors (Lipinski definition) is 7. The van der Waals surface area contributed by atoms with Gasteiger partial charge in [0.2, 0.25) is 0 Å². The molecule has 0 spiro atoms. The van der Waals surface area contributed by atoms with Crippen molar-refractivity contribution in [3.63, 3.8) is 0 Å². The molecule has 3 aromatic heterocycles. The molecule has 1 aliphatic carbocycles. The van der Waals surface area contributed by atoms with Gasteiger partial charge in [0, 0.05) is 25.6 Å². The SMILES string of the molecule is O=C(NCc1cn2ncc(CN3CCCNC3=O)cc2n1)c1nonc1C1CC1. The first-order valence-electron chi connectivity index (χ1n) is 9.64. The molecule has 0 unspecified atom stereocenters. The molecule has 1 aliphatic heterocycles. The van der Waals surface area contributed by atoms with Gasteiger partial charge < -0.3 is 15.5 Å². The van der Waals surface area contributed by atoms with E-state index in [-0.39, 0.29) is 30.1 Å². The van der Waals surface area contributed by atoms with Crippen LogP contribution in [0.4, 0.5) is 4.79 Å². The lowest BCUT2D eigenvalue weighted by Gasteiger charge is -2.27. The van der Waals surface area contributed by atoms with Crippen molar-refractivity contribution in [3.05, 3.63) is 41.1 Å². The van der Waals surface area contributed by atoms with E-state index in [1.54, 1.807) is 21.8 Å². The van der Waals surface area contributed by atoms with Gasteiger partial charge in [0.15, 0.2) is 11.3 Å². The molecule has 2 aliphatic rings. The normalized spacial score (nSPS) is 16.8. The Morgan fingerprint density at radius 2 is 2.24 bits per heavy atom. The zero-order valence-corrected chi connectivity index (χ0v) is 15.7. The van der Waals surface area contributed by atoms with Crippen LogP contribution in [0, 0.1) is 0 Å². The minimum Gasteiger partial charge on any atom is -0.345 e. The molecule has 11 heteroatoms. The minimum atomic E-state index is -0.324. The predicted molar refractivity (Wildman–Crippen MR) is 98.9 cm³/mol. The van der Waals surface area contributed by atoms with Crippen LogP contribution in [0.25, 0.3) is 5.65 Å². The molecule has 4 heterocycles. The third-order valence-electron chi connectivity index (χ3n) is 5.09. The third-order valence-corrected chi connectivity index (χ3v) is 5.09. The second-order valence-corrected chi connectivity index (χ2v) is 7.36. The molecule has 3 amide bonds. The van der Waals surface area contributed by atoms with E-state index in [9.17, 15) is 9.59 Å². The summed E-state index contributed by atoms with van der Waals surface area (Å²) in [6.45, 7) is 2.16. The number of nitrogens with zero attached hydrogens (tertiary/aromatic N) is 6. The average Bonchev–Trinajstić information content (AvgIpc) is 3.30. The van der Waals surface area contributed by atoms with Crippen molar-refractivity contribution in [2.24, 2.45) is 0 Å². The van der Waals surface area contributed by atoms with Crippen molar-refractivity contribution in [2.75, 3.05) is 13.1 Å². The minimum absolute atomic E-state index is 0.0595. The maximum absolute atomic E-state index is 12.4. The van der Waals surface area contributed by atoms with Gasteiger partial charge in [-0.25, -0.2) is 18.9 Å². The Hall–Kier alpha value is -3.50. The van der Waals surface area contributed by atoms with Gasteiger partial charge in [-0.05, 0) is 36.0 Å². The first kappa shape index (κ1) is 17.6. The number of amides is 3. The van der Waals surface area contributed by atoms with Gasteiger partial charge in [-0.1, -0.05) is 5.16 Å². The van der Waals surface area contributed by atoms with Crippen molar-refractivity contribution in [2.45, 2.75) is 38.3 Å². The first-order chi connectivity index (χ1) is 14.2. The van der Waals surface area contributed by atoms with E-state index in [4.69, 9.17) is 4.63 Å². The van der Waals surface area contributed by atoms with Crippen molar-refractivity contribution in [1.82, 2.24) is 40.4 Å². The van der Waals surface area contributed by atoms with Crippen molar-refractivity contribution < 1.29 is 14.2 Å². The largest absolute Gasteiger partial charge is 0.345 e. The molecule has 3 aromatic rings. The van der Waals surface area contributed by atoms with Crippen LogP contribution >= 0.6 is 0 Å². The molecule has 0 aromatic carbocycles. The number of carbonyl (C=O) groups is 2. The van der Waals surface area contributed by atoms with Gasteiger partial charge in [0.25, 0.3) is 5.91 Å². The van der Waals surface area contributed by atoms with Crippen LogP contribution in [-0.4, -0.2) is 54.8 Å². The number of rotatable bonds is 6. The molecule has 29 heavy (non-hydrogen) atoms. The fourth-order valence-corrected chi connectivity index (χ4v) is 3.42. The summed E-state index contributed by atoms with van der Waals surface area (Å²) in [4.78, 5) is 30.6. The number of urea groups is 1. The van der Waals surface area contributed by atoms with Crippen molar-refractivity contribution in [3.8, 4) is 0 Å². The monoisotopic (exact) mass is 396 g/mol. The van der Waals surface area contributed by atoms with Crippen molar-refractivity contribution >= 4 is 17.6 Å². The molecule has 11 nitrogen and oxygen atoms in total. The van der Waals surface area contributed by atoms with E-state index in [0.29, 0.717) is 30.1 Å². The highest BCUT2D eigenvalue weighted by Gasteiger charge is 2.33. The van der Waals surface area contributed by atoms with Gasteiger partial charge in [0.1, 0.15) is 5.69 Å². The lowest BCUT2D eigenvalue weighted by Crippen LogP contribution is -2.45. The van der Waals surface area contributed by atoms with Crippen LogP contribution in [0.3, 0.4) is 0 Å². The molecule has 0 atom stereocenters. The fraction of sp³-hybridized carbons (Fsp3) is 0.444. The van der Waals surface area contributed by atoms with Crippen molar-refractivity contribution in [1.29, 1.82) is 0 Å². The van der Waals surface area contributed by atoms with Gasteiger partial charge in [-0.15, -0.1) is 0 Å². The lowest BCUT2D eigenvalue weighted by molar-refractivity contribution is 0.0940. The Bertz CT molecular complexity index is 1070. The summed E-state index contributed by atoms with van der Waals surface area (Å²) < 4.78 is 6.38. The summed E-state index contributed by atoms with van der Waals surface area (Å²) in [5.74, 6) is -0.0447. The van der Waals surface area contributed by atoms with Crippen LogP contribution in [0.2, 0.25) is 0 Å². The summed E-state index contributed by atoms with van der Waals surface area (Å²) in [6.07, 6.45) is 6.43. The van der Waals surface area contributed by atoms with Crippen LogP contribution in [-0.2, 0) is 13.1 Å². The second-order valence-electron chi connectivity index (χ2n) is 7.36. The smallest absolute Gasteiger partial charge is 0.317 e. The summed E-state index contributed by atoms with van der Waals surface area (Å²) in [5, 5.41) is 17.6. The number of carbonyl (C=O) groups excluding carboxylic acids is 2. The molecule has 5 rings (SSSR count). The molecule has 150 valence electrons. The highest BCUT2D eigenvalue weighted by Crippen LogP contribution is 2.40. The summed E-state index contributed by atoms with van der Waals surface area (Å²) >= 11 is 0. The standard InChI is InChI=1S/C18H20N8O3/c27-17(16-15(12-2-3-12)23-29-24-16)20-8-13-10-26-14(22-13)6-11(7-21-26)9-25-5-1-4-19-18(25)28/h6-7,10,12H,1-5,8-9H2,(H,19,28)(H,20,27). The molecular formula is C18H20N8O3. The highest BCUT2D eigenvalue weighted by atomic mass is 16.6. The molecule has 2 N–H and O–H groups in total. The second kappa shape index (κ2) is 7.15. The Balaban J connectivity index is 1.25. The quantitative estimate of drug-likeness (QED) is 0.631. The van der Waals surface area contributed by atoms with Crippen LogP contribution in [0.1, 0.15) is 52.6 Å². The summed E-state index contributed by atoms with van der Waals surface area (Å²) in [6, 6.07) is 1.84. The van der Waals surface area contributed by atoms with Crippen LogP contribution in [0.15, 0.2) is 23.1 Å². The summed E-state index contributed by atoms with van der Waals surface area (Å²) in [5.41, 5.74) is 3.11. The number of aromatic nitrogens is 5. The number of imidazole rings is 1. The van der Waals surface area contributed by atoms with E-state index >= 15 is 0 Å². The van der Waals surface area contributed by atoms with Gasteiger partial charge in [-0.3, -0.25) is 4.79 Å². The van der Waals surface area contributed by atoms with Gasteiger partial charge in [0.05, 0.1) is 24.6 Å². The fourth-order valence-electron chi connectivity index (χ4n) is 3.42. The Labute approximate surface area is 165 Å². The first-order valence-corrected chi connectivity index (χ1v) is 9.64. The number of nitrogens with one attached hydrogen (secondary N) is 2. The molecule has 0 bridgehead atoms. The molecule has 1 saturated carbocycles. The zero-order chi connectivity index (χ0) is 19.8. The Morgan fingerprint density at radius 1 is 1.34 bits per heavy atom. The highest BCUT2D eigenvalue weighted by molar-refractivity contribution is 5.93. The van der Waals surface area contributed by atoms with E-state index in [1.165, 1.54) is 0 Å². The number of hydrogen-bond donors (Lipinski definition) is 2. The van der Waals surface area contributed by atoms with E-state index in [1.807, 2.05) is 6.07 Å². The Morgan fingerprint density at radius 3 is 3.07 bits per heavy atom. The lowest BCUT2D eigenvalue weighted by atomic mass is 10.2. The zero-order valence-electron chi connectivity index (χ0n) is 15.7. The average molecular weight is 396 g/mol. The maximum Gasteiger partial charge on any atom is 0.317 e. The third kappa shape index (κ3) is 3.62. The van der Waals surface area contributed by atoms with E-state index in [2.05, 4.69) is 31.0 Å². The molecular weight excluding hydrogens is 376 g/mol. The number of fused-ring (bicyclic) bond motifs is 1. The predicted octanol–water partition coefficient (Wildman–Crippen LogP) is 0.835. The van der Waals surface area contributed by atoms with Crippen LogP contribution < -0.4 is 10.6 Å². The maximum atomic E-state index is 12.4. The molecule has 0 radical (unpaired) electrons.